The number of hydrogen-bond donors (Lipinski definition) is 2. The molecular weight excluding hydrogens is 260 g/mol. The summed E-state index contributed by atoms with van der Waals surface area (Å²) in [5.74, 6) is 0.366. The molecule has 1 aliphatic rings. The van der Waals surface area contributed by atoms with Crippen LogP contribution in [0.2, 0.25) is 5.02 Å². The molecule has 0 atom stereocenters. The molecule has 0 spiro atoms. The van der Waals surface area contributed by atoms with Crippen molar-refractivity contribution in [2.75, 3.05) is 11.9 Å². The molecule has 1 amide bonds. The first-order valence-electron chi connectivity index (χ1n) is 7.00. The van der Waals surface area contributed by atoms with Crippen molar-refractivity contribution >= 4 is 23.2 Å². The molecule has 0 aliphatic heterocycles. The van der Waals surface area contributed by atoms with Gasteiger partial charge < -0.3 is 11.1 Å². The van der Waals surface area contributed by atoms with E-state index in [0.29, 0.717) is 10.6 Å². The lowest BCUT2D eigenvalue weighted by molar-refractivity contribution is 0.100. The fourth-order valence-electron chi connectivity index (χ4n) is 2.72. The maximum absolute atomic E-state index is 11.2. The van der Waals surface area contributed by atoms with Crippen molar-refractivity contribution in [2.24, 2.45) is 11.7 Å². The predicted molar refractivity (Wildman–Crippen MR) is 79.7 cm³/mol. The zero-order chi connectivity index (χ0) is 13.7. The summed E-state index contributed by atoms with van der Waals surface area (Å²) in [6, 6.07) is 5.33. The molecule has 0 heterocycles. The molecule has 0 radical (unpaired) electrons. The van der Waals surface area contributed by atoms with Crippen LogP contribution in [0.5, 0.6) is 0 Å². The molecule has 2 rings (SSSR count). The number of hydrogen-bond acceptors (Lipinski definition) is 2. The van der Waals surface area contributed by atoms with Gasteiger partial charge in [-0.2, -0.15) is 0 Å². The first-order valence-corrected chi connectivity index (χ1v) is 7.38. The number of amides is 1. The molecule has 0 saturated heterocycles. The molecule has 4 heteroatoms. The van der Waals surface area contributed by atoms with Crippen LogP contribution >= 0.6 is 11.6 Å². The Morgan fingerprint density at radius 3 is 2.74 bits per heavy atom. The maximum atomic E-state index is 11.2. The topological polar surface area (TPSA) is 55.1 Å². The largest absolute Gasteiger partial charge is 0.385 e. The van der Waals surface area contributed by atoms with Gasteiger partial charge in [0.1, 0.15) is 0 Å². The van der Waals surface area contributed by atoms with Crippen LogP contribution in [0.25, 0.3) is 0 Å². The smallest absolute Gasteiger partial charge is 0.250 e. The first kappa shape index (κ1) is 14.2. The van der Waals surface area contributed by atoms with Gasteiger partial charge in [0.05, 0.1) is 10.6 Å². The van der Waals surface area contributed by atoms with Gasteiger partial charge in [0.25, 0.3) is 0 Å². The van der Waals surface area contributed by atoms with Gasteiger partial charge in [-0.25, -0.2) is 0 Å². The van der Waals surface area contributed by atoms with Gasteiger partial charge in [-0.3, -0.25) is 4.79 Å². The van der Waals surface area contributed by atoms with E-state index in [1.165, 1.54) is 38.5 Å². The van der Waals surface area contributed by atoms with Gasteiger partial charge in [-0.05, 0) is 30.5 Å². The van der Waals surface area contributed by atoms with Crippen molar-refractivity contribution in [3.63, 3.8) is 0 Å². The fourth-order valence-corrected chi connectivity index (χ4v) is 2.93. The third-order valence-corrected chi connectivity index (χ3v) is 4.17. The van der Waals surface area contributed by atoms with Crippen molar-refractivity contribution in [1.82, 2.24) is 0 Å². The van der Waals surface area contributed by atoms with Gasteiger partial charge >= 0.3 is 0 Å². The van der Waals surface area contributed by atoms with E-state index in [1.807, 2.05) is 6.07 Å². The SMILES string of the molecule is NC(=O)c1cc(NCCC2CCCCC2)ccc1Cl. The van der Waals surface area contributed by atoms with Crippen LogP contribution in [-0.2, 0) is 0 Å². The molecule has 1 aromatic carbocycles. The number of rotatable bonds is 5. The summed E-state index contributed by atoms with van der Waals surface area (Å²) in [5.41, 5.74) is 6.57. The van der Waals surface area contributed by atoms with Crippen LogP contribution in [0.1, 0.15) is 48.9 Å². The number of benzene rings is 1. The third kappa shape index (κ3) is 4.13. The minimum absolute atomic E-state index is 0.379. The van der Waals surface area contributed by atoms with E-state index in [1.54, 1.807) is 12.1 Å². The highest BCUT2D eigenvalue weighted by Gasteiger charge is 2.13. The van der Waals surface area contributed by atoms with Crippen molar-refractivity contribution < 1.29 is 4.79 Å². The molecule has 1 saturated carbocycles. The summed E-state index contributed by atoms with van der Waals surface area (Å²) in [6.45, 7) is 0.935. The van der Waals surface area contributed by atoms with E-state index < -0.39 is 5.91 Å². The zero-order valence-electron chi connectivity index (χ0n) is 11.1. The second kappa shape index (κ2) is 6.80. The number of nitrogens with one attached hydrogen (secondary N) is 1. The number of primary amides is 1. The molecule has 104 valence electrons. The van der Waals surface area contributed by atoms with Crippen LogP contribution in [-0.4, -0.2) is 12.5 Å². The Balaban J connectivity index is 1.85. The second-order valence-electron chi connectivity index (χ2n) is 5.28. The molecule has 0 bridgehead atoms. The maximum Gasteiger partial charge on any atom is 0.250 e. The summed E-state index contributed by atoms with van der Waals surface area (Å²) in [7, 11) is 0. The molecule has 0 unspecified atom stereocenters. The average molecular weight is 281 g/mol. The number of anilines is 1. The molecule has 0 aromatic heterocycles. The molecular formula is C15H21ClN2O. The zero-order valence-corrected chi connectivity index (χ0v) is 11.9. The second-order valence-corrected chi connectivity index (χ2v) is 5.69. The highest BCUT2D eigenvalue weighted by atomic mass is 35.5. The Morgan fingerprint density at radius 2 is 2.05 bits per heavy atom. The van der Waals surface area contributed by atoms with Gasteiger partial charge in [0, 0.05) is 12.2 Å². The Labute approximate surface area is 119 Å². The monoisotopic (exact) mass is 280 g/mol. The number of halogens is 1. The van der Waals surface area contributed by atoms with Gasteiger partial charge in [0.2, 0.25) is 5.91 Å². The Morgan fingerprint density at radius 1 is 1.32 bits per heavy atom. The predicted octanol–water partition coefficient (Wildman–Crippen LogP) is 3.82. The standard InChI is InChI=1S/C15H21ClN2O/c16-14-7-6-12(10-13(14)15(17)19)18-9-8-11-4-2-1-3-5-11/h6-7,10-11,18H,1-5,8-9H2,(H2,17,19). The lowest BCUT2D eigenvalue weighted by atomic mass is 9.87. The first-order chi connectivity index (χ1) is 9.16. The van der Waals surface area contributed by atoms with E-state index in [2.05, 4.69) is 5.32 Å². The van der Waals surface area contributed by atoms with Gasteiger partial charge in [-0.15, -0.1) is 0 Å². The molecule has 1 aliphatic carbocycles. The van der Waals surface area contributed by atoms with Crippen LogP contribution < -0.4 is 11.1 Å². The lowest BCUT2D eigenvalue weighted by Gasteiger charge is -2.21. The summed E-state index contributed by atoms with van der Waals surface area (Å²) in [5, 5.41) is 3.76. The van der Waals surface area contributed by atoms with Crippen molar-refractivity contribution in [1.29, 1.82) is 0 Å². The molecule has 1 aromatic rings. The summed E-state index contributed by atoms with van der Waals surface area (Å²) in [4.78, 5) is 11.2. The minimum Gasteiger partial charge on any atom is -0.385 e. The van der Waals surface area contributed by atoms with Crippen LogP contribution in [0.4, 0.5) is 5.69 Å². The quantitative estimate of drug-likeness (QED) is 0.861. The van der Waals surface area contributed by atoms with E-state index in [4.69, 9.17) is 17.3 Å². The number of nitrogens with two attached hydrogens (primary N) is 1. The van der Waals surface area contributed by atoms with Crippen molar-refractivity contribution in [3.05, 3.63) is 28.8 Å². The van der Waals surface area contributed by atoms with Crippen molar-refractivity contribution in [3.8, 4) is 0 Å². The fraction of sp³-hybridized carbons (Fsp3) is 0.533. The van der Waals surface area contributed by atoms with Crippen molar-refractivity contribution in [2.45, 2.75) is 38.5 Å². The van der Waals surface area contributed by atoms with Crippen LogP contribution in [0.3, 0.4) is 0 Å². The summed E-state index contributed by atoms with van der Waals surface area (Å²) in [6.07, 6.45) is 8.04. The summed E-state index contributed by atoms with van der Waals surface area (Å²) >= 11 is 5.92. The van der Waals surface area contributed by atoms with E-state index >= 15 is 0 Å². The molecule has 3 N–H and O–H groups in total. The number of carbonyl (C=O) groups is 1. The third-order valence-electron chi connectivity index (χ3n) is 3.84. The van der Waals surface area contributed by atoms with Gasteiger partial charge in [0.15, 0.2) is 0 Å². The van der Waals surface area contributed by atoms with Crippen LogP contribution in [0.15, 0.2) is 18.2 Å². The van der Waals surface area contributed by atoms with E-state index in [9.17, 15) is 4.79 Å². The lowest BCUT2D eigenvalue weighted by Crippen LogP contribution is -2.14. The van der Waals surface area contributed by atoms with E-state index in [0.717, 1.165) is 18.2 Å². The Hall–Kier alpha value is -1.22. The number of carbonyl (C=O) groups excluding carboxylic acids is 1. The van der Waals surface area contributed by atoms with E-state index in [-0.39, 0.29) is 0 Å². The highest BCUT2D eigenvalue weighted by Crippen LogP contribution is 2.26. The van der Waals surface area contributed by atoms with Gasteiger partial charge in [-0.1, -0.05) is 43.7 Å². The Kier molecular flexibility index (Phi) is 5.08. The normalized spacial score (nSPS) is 16.3. The Bertz CT molecular complexity index is 442. The minimum atomic E-state index is -0.485. The molecule has 1 fully saturated rings. The molecule has 19 heavy (non-hydrogen) atoms. The molecule has 3 nitrogen and oxygen atoms in total. The highest BCUT2D eigenvalue weighted by molar-refractivity contribution is 6.33. The van der Waals surface area contributed by atoms with Crippen LogP contribution in [0, 0.1) is 5.92 Å². The average Bonchev–Trinajstić information content (AvgIpc) is 2.41. The summed E-state index contributed by atoms with van der Waals surface area (Å²) < 4.78 is 0.